The molecule has 5 nitrogen and oxygen atoms in total. The summed E-state index contributed by atoms with van der Waals surface area (Å²) in [7, 11) is 1.70. The van der Waals surface area contributed by atoms with Crippen molar-refractivity contribution >= 4 is 35.0 Å². The quantitative estimate of drug-likeness (QED) is 0.582. The number of hydrogen-bond donors (Lipinski definition) is 0. The van der Waals surface area contributed by atoms with Crippen LogP contribution >= 0.6 is 23.2 Å². The minimum Gasteiger partial charge on any atom is -0.459 e. The highest BCUT2D eigenvalue weighted by atomic mass is 35.5. The fourth-order valence-corrected chi connectivity index (χ4v) is 4.14. The molecule has 1 unspecified atom stereocenters. The minimum absolute atomic E-state index is 0.166. The summed E-state index contributed by atoms with van der Waals surface area (Å²) in [5, 5.41) is 0.868. The molecule has 0 bridgehead atoms. The van der Waals surface area contributed by atoms with Gasteiger partial charge in [0.15, 0.2) is 5.76 Å². The number of benzene rings is 2. The van der Waals surface area contributed by atoms with Gasteiger partial charge in [-0.05, 0) is 34.9 Å². The van der Waals surface area contributed by atoms with Gasteiger partial charge in [-0.2, -0.15) is 0 Å². The van der Waals surface area contributed by atoms with Gasteiger partial charge in [-0.25, -0.2) is 0 Å². The lowest BCUT2D eigenvalue weighted by Crippen LogP contribution is -2.52. The third kappa shape index (κ3) is 3.95. The van der Waals surface area contributed by atoms with Crippen LogP contribution < -0.4 is 0 Å². The number of nitrogens with zero attached hydrogens (tertiary/aromatic N) is 2. The maximum Gasteiger partial charge on any atom is 0.290 e. The molecule has 30 heavy (non-hydrogen) atoms. The number of likely N-dealkylation sites (N-methyl/N-ethyl adjacent to an activating group) is 1. The van der Waals surface area contributed by atoms with E-state index in [1.165, 1.54) is 6.26 Å². The number of carbonyl (C=O) groups is 2. The van der Waals surface area contributed by atoms with Crippen molar-refractivity contribution in [1.82, 2.24) is 9.80 Å². The lowest BCUT2D eigenvalue weighted by Gasteiger charge is -2.37. The molecule has 4 rings (SSSR count). The van der Waals surface area contributed by atoms with Crippen molar-refractivity contribution in [2.24, 2.45) is 0 Å². The SMILES string of the molecule is CN(Cc1cccc(Cl)c1Cl)C(=O)C1Cc2ccccc2CN1C(=O)c1ccco1. The predicted molar refractivity (Wildman–Crippen MR) is 115 cm³/mol. The Hall–Kier alpha value is -2.76. The molecule has 0 saturated heterocycles. The summed E-state index contributed by atoms with van der Waals surface area (Å²) >= 11 is 12.4. The Kier molecular flexibility index (Phi) is 5.84. The zero-order chi connectivity index (χ0) is 21.3. The number of carbonyl (C=O) groups excluding carboxylic acids is 2. The predicted octanol–water partition coefficient (Wildman–Crippen LogP) is 4.81. The van der Waals surface area contributed by atoms with E-state index in [0.717, 1.165) is 16.7 Å². The van der Waals surface area contributed by atoms with E-state index in [0.29, 0.717) is 29.6 Å². The van der Waals surface area contributed by atoms with Crippen LogP contribution in [0, 0.1) is 0 Å². The van der Waals surface area contributed by atoms with Crippen LogP contribution in [0.15, 0.2) is 65.3 Å². The standard InChI is InChI=1S/C23H20Cl2N2O3/c1-26(13-17-8-4-9-18(24)21(17)25)22(28)19-12-15-6-2-3-7-16(15)14-27(19)23(29)20-10-5-11-30-20/h2-11,19H,12-14H2,1H3. The van der Waals surface area contributed by atoms with Crippen LogP contribution in [0.3, 0.4) is 0 Å². The first-order chi connectivity index (χ1) is 14.5. The van der Waals surface area contributed by atoms with Crippen LogP contribution in [-0.4, -0.2) is 34.7 Å². The summed E-state index contributed by atoms with van der Waals surface area (Å²) in [4.78, 5) is 29.7. The van der Waals surface area contributed by atoms with Crippen molar-refractivity contribution in [3.05, 3.63) is 93.4 Å². The van der Waals surface area contributed by atoms with Crippen molar-refractivity contribution in [1.29, 1.82) is 0 Å². The van der Waals surface area contributed by atoms with Gasteiger partial charge in [-0.15, -0.1) is 0 Å². The third-order valence-corrected chi connectivity index (χ3v) is 6.20. The number of hydrogen-bond acceptors (Lipinski definition) is 3. The van der Waals surface area contributed by atoms with Crippen LogP contribution in [-0.2, 0) is 24.3 Å². The number of fused-ring (bicyclic) bond motifs is 1. The Morgan fingerprint density at radius 3 is 2.57 bits per heavy atom. The van der Waals surface area contributed by atoms with Crippen LogP contribution in [0.4, 0.5) is 0 Å². The lowest BCUT2D eigenvalue weighted by atomic mass is 9.93. The number of rotatable bonds is 4. The van der Waals surface area contributed by atoms with Crippen molar-refractivity contribution < 1.29 is 14.0 Å². The van der Waals surface area contributed by atoms with Gasteiger partial charge in [0.05, 0.1) is 16.3 Å². The van der Waals surface area contributed by atoms with E-state index < -0.39 is 6.04 Å². The summed E-state index contributed by atoms with van der Waals surface area (Å²) in [5.41, 5.74) is 2.84. The van der Waals surface area contributed by atoms with E-state index in [4.69, 9.17) is 27.6 Å². The average molecular weight is 443 g/mol. The molecule has 2 heterocycles. The molecule has 1 aliphatic heterocycles. The van der Waals surface area contributed by atoms with Gasteiger partial charge < -0.3 is 14.2 Å². The van der Waals surface area contributed by atoms with Crippen LogP contribution in [0.1, 0.15) is 27.2 Å². The summed E-state index contributed by atoms with van der Waals surface area (Å²) in [6, 6.07) is 15.8. The first-order valence-corrected chi connectivity index (χ1v) is 10.3. The van der Waals surface area contributed by atoms with Crippen molar-refractivity contribution in [2.75, 3.05) is 7.05 Å². The molecule has 1 aliphatic rings. The van der Waals surface area contributed by atoms with Gasteiger partial charge in [-0.1, -0.05) is 59.6 Å². The van der Waals surface area contributed by atoms with Crippen LogP contribution in [0.5, 0.6) is 0 Å². The topological polar surface area (TPSA) is 53.8 Å². The molecule has 0 spiro atoms. The second kappa shape index (κ2) is 8.54. The maximum atomic E-state index is 13.4. The van der Waals surface area contributed by atoms with Gasteiger partial charge in [0.25, 0.3) is 5.91 Å². The smallest absolute Gasteiger partial charge is 0.290 e. The van der Waals surface area contributed by atoms with Crippen molar-refractivity contribution in [3.63, 3.8) is 0 Å². The highest BCUT2D eigenvalue weighted by molar-refractivity contribution is 6.42. The fraction of sp³-hybridized carbons (Fsp3) is 0.217. The molecule has 0 aliphatic carbocycles. The van der Waals surface area contributed by atoms with E-state index in [-0.39, 0.29) is 17.6 Å². The monoisotopic (exact) mass is 442 g/mol. The molecule has 0 radical (unpaired) electrons. The third-order valence-electron chi connectivity index (χ3n) is 5.34. The average Bonchev–Trinajstić information content (AvgIpc) is 3.30. The van der Waals surface area contributed by atoms with Crippen molar-refractivity contribution in [2.45, 2.75) is 25.6 Å². The van der Waals surface area contributed by atoms with E-state index in [2.05, 4.69) is 0 Å². The summed E-state index contributed by atoms with van der Waals surface area (Å²) in [6.45, 7) is 0.636. The van der Waals surface area contributed by atoms with Gasteiger partial charge >= 0.3 is 0 Å². The maximum absolute atomic E-state index is 13.4. The Morgan fingerprint density at radius 2 is 1.83 bits per heavy atom. The zero-order valence-corrected chi connectivity index (χ0v) is 17.9. The normalized spacial score (nSPS) is 15.6. The Morgan fingerprint density at radius 1 is 1.07 bits per heavy atom. The first-order valence-electron chi connectivity index (χ1n) is 9.55. The molecule has 3 aromatic rings. The number of furan rings is 1. The largest absolute Gasteiger partial charge is 0.459 e. The highest BCUT2D eigenvalue weighted by Crippen LogP contribution is 2.29. The molecular weight excluding hydrogens is 423 g/mol. The molecule has 7 heteroatoms. The van der Waals surface area contributed by atoms with Gasteiger partial charge in [-0.3, -0.25) is 9.59 Å². The van der Waals surface area contributed by atoms with Crippen LogP contribution in [0.2, 0.25) is 10.0 Å². The molecular formula is C23H20Cl2N2O3. The van der Waals surface area contributed by atoms with E-state index in [9.17, 15) is 9.59 Å². The molecule has 2 amide bonds. The molecule has 0 fully saturated rings. The van der Waals surface area contributed by atoms with Gasteiger partial charge in [0.1, 0.15) is 6.04 Å². The Labute approximate surface area is 184 Å². The number of halogens is 2. The minimum atomic E-state index is -0.638. The highest BCUT2D eigenvalue weighted by Gasteiger charge is 2.37. The molecule has 1 aromatic heterocycles. The van der Waals surface area contributed by atoms with Gasteiger partial charge in [0, 0.05) is 26.6 Å². The van der Waals surface area contributed by atoms with Crippen LogP contribution in [0.25, 0.3) is 0 Å². The second-order valence-corrected chi connectivity index (χ2v) is 8.09. The first kappa shape index (κ1) is 20.5. The Bertz CT molecular complexity index is 1080. The summed E-state index contributed by atoms with van der Waals surface area (Å²) in [6.07, 6.45) is 1.89. The number of amides is 2. The molecule has 1 atom stereocenters. The van der Waals surface area contributed by atoms with E-state index >= 15 is 0 Å². The van der Waals surface area contributed by atoms with Gasteiger partial charge in [0.2, 0.25) is 5.91 Å². The molecule has 0 saturated carbocycles. The van der Waals surface area contributed by atoms with Crippen molar-refractivity contribution in [3.8, 4) is 0 Å². The molecule has 0 N–H and O–H groups in total. The second-order valence-electron chi connectivity index (χ2n) is 7.31. The zero-order valence-electron chi connectivity index (χ0n) is 16.3. The summed E-state index contributed by atoms with van der Waals surface area (Å²) < 4.78 is 5.30. The summed E-state index contributed by atoms with van der Waals surface area (Å²) in [5.74, 6) is -0.254. The molecule has 154 valence electrons. The Balaban J connectivity index is 1.62. The molecule has 2 aromatic carbocycles. The lowest BCUT2D eigenvalue weighted by molar-refractivity contribution is -0.135. The van der Waals surface area contributed by atoms with E-state index in [1.807, 2.05) is 30.3 Å². The fourth-order valence-electron chi connectivity index (χ4n) is 3.76. The van der Waals surface area contributed by atoms with E-state index in [1.54, 1.807) is 41.1 Å².